The third kappa shape index (κ3) is 11.9. The maximum atomic E-state index is 12.5. The summed E-state index contributed by atoms with van der Waals surface area (Å²) in [6.45, 7) is 0.353. The van der Waals surface area contributed by atoms with Crippen LogP contribution in [0.3, 0.4) is 0 Å². The van der Waals surface area contributed by atoms with Gasteiger partial charge in [0.2, 0.25) is 5.91 Å². The van der Waals surface area contributed by atoms with Gasteiger partial charge < -0.3 is 30.8 Å². The maximum Gasteiger partial charge on any atom is 0.317 e. The van der Waals surface area contributed by atoms with Gasteiger partial charge in [0.25, 0.3) is 0 Å². The molecule has 1 atom stereocenters. The molecule has 0 aliphatic carbocycles. The summed E-state index contributed by atoms with van der Waals surface area (Å²) in [6, 6.07) is -0.957. The van der Waals surface area contributed by atoms with Gasteiger partial charge in [0.15, 0.2) is 0 Å². The minimum absolute atomic E-state index is 0.0128. The van der Waals surface area contributed by atoms with Crippen LogP contribution < -0.4 is 5.32 Å². The Bertz CT molecular complexity index is 619. The van der Waals surface area contributed by atoms with Gasteiger partial charge in [0.05, 0.1) is 32.8 Å². The summed E-state index contributed by atoms with van der Waals surface area (Å²) in [5.41, 5.74) is 0. The standard InChI is InChI=1S/C19H35N5O9/c25-10-1-20-19(33)15(14-26)24-8-6-22(12-17(29)30)4-2-21(11-16(27)28)3-5-23(7-9-24)13-18(31)32/h15,25-26H,1-14H2,(H,20,33)(H,27,28)(H,29,30)(H,31,32). The summed E-state index contributed by atoms with van der Waals surface area (Å²) in [7, 11) is 0. The molecule has 190 valence electrons. The highest BCUT2D eigenvalue weighted by Crippen LogP contribution is 2.05. The normalized spacial score (nSPS) is 19.2. The van der Waals surface area contributed by atoms with Gasteiger partial charge in [0.1, 0.15) is 6.04 Å². The molecule has 1 saturated heterocycles. The predicted molar refractivity (Wildman–Crippen MR) is 115 cm³/mol. The Labute approximate surface area is 192 Å². The third-order valence-electron chi connectivity index (χ3n) is 5.28. The van der Waals surface area contributed by atoms with E-state index in [0.717, 1.165) is 0 Å². The van der Waals surface area contributed by atoms with Gasteiger partial charge in [-0.3, -0.25) is 38.8 Å². The van der Waals surface area contributed by atoms with E-state index in [0.29, 0.717) is 0 Å². The molecule has 1 rings (SSSR count). The molecule has 1 fully saturated rings. The first-order chi connectivity index (χ1) is 15.7. The quantitative estimate of drug-likeness (QED) is 0.168. The topological polar surface area (TPSA) is 194 Å². The molecule has 0 bridgehead atoms. The average Bonchev–Trinajstić information content (AvgIpc) is 2.72. The fourth-order valence-electron chi connectivity index (χ4n) is 3.57. The Kier molecular flexibility index (Phi) is 13.4. The first-order valence-corrected chi connectivity index (χ1v) is 10.7. The smallest absolute Gasteiger partial charge is 0.317 e. The fourth-order valence-corrected chi connectivity index (χ4v) is 3.57. The molecule has 0 saturated carbocycles. The number of aliphatic hydroxyl groups excluding tert-OH is 2. The molecule has 1 aliphatic heterocycles. The van der Waals surface area contributed by atoms with Crippen LogP contribution in [0.25, 0.3) is 0 Å². The molecular weight excluding hydrogens is 442 g/mol. The number of amides is 1. The Morgan fingerprint density at radius 2 is 1.03 bits per heavy atom. The van der Waals surface area contributed by atoms with Crippen molar-refractivity contribution in [3.05, 3.63) is 0 Å². The van der Waals surface area contributed by atoms with Gasteiger partial charge in [-0.25, -0.2) is 0 Å². The van der Waals surface area contributed by atoms with E-state index < -0.39 is 36.5 Å². The van der Waals surface area contributed by atoms with Crippen LogP contribution in [0.1, 0.15) is 0 Å². The van der Waals surface area contributed by atoms with Crippen molar-refractivity contribution >= 4 is 23.8 Å². The van der Waals surface area contributed by atoms with Crippen LogP contribution in [0.15, 0.2) is 0 Å². The van der Waals surface area contributed by atoms with Crippen LogP contribution >= 0.6 is 0 Å². The summed E-state index contributed by atoms with van der Waals surface area (Å²) in [6.07, 6.45) is 0. The highest BCUT2D eigenvalue weighted by molar-refractivity contribution is 5.81. The Morgan fingerprint density at radius 1 is 0.667 bits per heavy atom. The molecule has 0 aromatic rings. The van der Waals surface area contributed by atoms with Crippen molar-refractivity contribution in [2.75, 3.05) is 91.8 Å². The Hall–Kier alpha value is -2.36. The highest BCUT2D eigenvalue weighted by atomic mass is 16.4. The van der Waals surface area contributed by atoms with Gasteiger partial charge in [-0.2, -0.15) is 0 Å². The fraction of sp³-hybridized carbons (Fsp3) is 0.789. The maximum absolute atomic E-state index is 12.5. The minimum atomic E-state index is -1.05. The predicted octanol–water partition coefficient (Wildman–Crippen LogP) is -4.07. The summed E-state index contributed by atoms with van der Waals surface area (Å²) in [5, 5.41) is 48.9. The SMILES string of the molecule is O=C(O)CN1CCN(CC(=O)O)CCN(C(CO)C(=O)NCCO)CCN(CC(=O)O)CC1. The number of carboxylic acids is 3. The van der Waals surface area contributed by atoms with Crippen molar-refractivity contribution in [2.45, 2.75) is 6.04 Å². The number of nitrogens with one attached hydrogen (secondary N) is 1. The van der Waals surface area contributed by atoms with E-state index in [1.54, 1.807) is 19.6 Å². The molecule has 0 aromatic heterocycles. The molecule has 1 heterocycles. The van der Waals surface area contributed by atoms with Gasteiger partial charge in [-0.05, 0) is 0 Å². The van der Waals surface area contributed by atoms with Crippen LogP contribution in [-0.2, 0) is 19.2 Å². The number of carboxylic acid groups (broad SMARTS) is 3. The van der Waals surface area contributed by atoms with Crippen molar-refractivity contribution in [1.82, 2.24) is 24.9 Å². The van der Waals surface area contributed by atoms with E-state index in [1.165, 1.54) is 0 Å². The largest absolute Gasteiger partial charge is 0.480 e. The average molecular weight is 478 g/mol. The van der Waals surface area contributed by atoms with Crippen LogP contribution in [0, 0.1) is 0 Å². The first kappa shape index (κ1) is 28.7. The molecule has 14 nitrogen and oxygen atoms in total. The van der Waals surface area contributed by atoms with E-state index in [-0.39, 0.29) is 85.1 Å². The monoisotopic (exact) mass is 477 g/mol. The van der Waals surface area contributed by atoms with Crippen LogP contribution in [-0.4, -0.2) is 167 Å². The molecule has 1 unspecified atom stereocenters. The van der Waals surface area contributed by atoms with Crippen molar-refractivity contribution in [1.29, 1.82) is 0 Å². The molecule has 6 N–H and O–H groups in total. The van der Waals surface area contributed by atoms with Gasteiger partial charge >= 0.3 is 17.9 Å². The molecular formula is C19H35N5O9. The lowest BCUT2D eigenvalue weighted by Gasteiger charge is -2.35. The summed E-state index contributed by atoms with van der Waals surface area (Å²) < 4.78 is 0. The van der Waals surface area contributed by atoms with E-state index in [4.69, 9.17) is 5.11 Å². The zero-order valence-corrected chi connectivity index (χ0v) is 18.6. The van der Waals surface area contributed by atoms with Crippen LogP contribution in [0.4, 0.5) is 0 Å². The molecule has 33 heavy (non-hydrogen) atoms. The number of nitrogens with zero attached hydrogens (tertiary/aromatic N) is 4. The lowest BCUT2D eigenvalue weighted by molar-refractivity contribution is -0.141. The van der Waals surface area contributed by atoms with Crippen molar-refractivity contribution < 1.29 is 44.7 Å². The zero-order valence-electron chi connectivity index (χ0n) is 18.6. The van der Waals surface area contributed by atoms with E-state index in [2.05, 4.69) is 5.32 Å². The van der Waals surface area contributed by atoms with Gasteiger partial charge in [-0.1, -0.05) is 0 Å². The zero-order chi connectivity index (χ0) is 24.8. The number of carbonyl (C=O) groups excluding carboxylic acids is 1. The lowest BCUT2D eigenvalue weighted by atomic mass is 10.2. The van der Waals surface area contributed by atoms with E-state index in [9.17, 15) is 39.6 Å². The summed E-state index contributed by atoms with van der Waals surface area (Å²) in [4.78, 5) is 52.8. The summed E-state index contributed by atoms with van der Waals surface area (Å²) in [5.74, 6) is -3.64. The molecule has 0 spiro atoms. The molecule has 1 aliphatic rings. The molecule has 1 amide bonds. The number of aliphatic hydroxyl groups is 2. The number of aliphatic carboxylic acids is 3. The minimum Gasteiger partial charge on any atom is -0.480 e. The van der Waals surface area contributed by atoms with Crippen molar-refractivity contribution in [2.24, 2.45) is 0 Å². The molecule has 0 radical (unpaired) electrons. The van der Waals surface area contributed by atoms with Crippen molar-refractivity contribution in [3.63, 3.8) is 0 Å². The Balaban J connectivity index is 3.08. The van der Waals surface area contributed by atoms with Gasteiger partial charge in [-0.15, -0.1) is 0 Å². The van der Waals surface area contributed by atoms with Crippen molar-refractivity contribution in [3.8, 4) is 0 Å². The number of carbonyl (C=O) groups is 4. The van der Waals surface area contributed by atoms with Gasteiger partial charge in [0, 0.05) is 58.9 Å². The second kappa shape index (κ2) is 15.5. The van der Waals surface area contributed by atoms with Crippen LogP contribution in [0.5, 0.6) is 0 Å². The molecule has 0 aromatic carbocycles. The summed E-state index contributed by atoms with van der Waals surface area (Å²) >= 11 is 0. The van der Waals surface area contributed by atoms with E-state index >= 15 is 0 Å². The lowest BCUT2D eigenvalue weighted by Crippen LogP contribution is -2.55. The highest BCUT2D eigenvalue weighted by Gasteiger charge is 2.27. The number of hydrogen-bond acceptors (Lipinski definition) is 10. The molecule has 14 heteroatoms. The number of rotatable bonds is 11. The first-order valence-electron chi connectivity index (χ1n) is 10.7. The van der Waals surface area contributed by atoms with Crippen LogP contribution in [0.2, 0.25) is 0 Å². The van der Waals surface area contributed by atoms with E-state index in [1.807, 2.05) is 0 Å². The number of hydrogen-bond donors (Lipinski definition) is 6. The second-order valence-corrected chi connectivity index (χ2v) is 7.76. The Morgan fingerprint density at radius 3 is 1.33 bits per heavy atom. The second-order valence-electron chi connectivity index (χ2n) is 7.76. The third-order valence-corrected chi connectivity index (χ3v) is 5.28.